The highest BCUT2D eigenvalue weighted by Crippen LogP contribution is 2.24. The van der Waals surface area contributed by atoms with Crippen LogP contribution in [-0.2, 0) is 22.6 Å². The van der Waals surface area contributed by atoms with Crippen LogP contribution >= 0.6 is 11.6 Å². The molecule has 196 valence electrons. The van der Waals surface area contributed by atoms with Crippen molar-refractivity contribution in [3.8, 4) is 5.75 Å². The minimum Gasteiger partial charge on any atom is -0.483 e. The van der Waals surface area contributed by atoms with E-state index in [1.54, 1.807) is 17.0 Å². The molecule has 5 nitrogen and oxygen atoms in total. The van der Waals surface area contributed by atoms with Crippen LogP contribution in [0.5, 0.6) is 5.75 Å². The van der Waals surface area contributed by atoms with Gasteiger partial charge in [-0.15, -0.1) is 0 Å². The summed E-state index contributed by atoms with van der Waals surface area (Å²) in [5, 5.41) is 3.70. The predicted molar refractivity (Wildman–Crippen MR) is 150 cm³/mol. The Labute approximate surface area is 225 Å². The van der Waals surface area contributed by atoms with E-state index in [-0.39, 0.29) is 31.0 Å². The fourth-order valence-corrected chi connectivity index (χ4v) is 4.28. The van der Waals surface area contributed by atoms with Gasteiger partial charge in [-0.25, -0.2) is 0 Å². The van der Waals surface area contributed by atoms with Gasteiger partial charge in [-0.05, 0) is 80.1 Å². The summed E-state index contributed by atoms with van der Waals surface area (Å²) in [6.45, 7) is 10.1. The molecule has 2 amide bonds. The van der Waals surface area contributed by atoms with E-state index in [0.717, 1.165) is 34.2 Å². The number of halogens is 1. The lowest BCUT2D eigenvalue weighted by molar-refractivity contribution is -0.143. The molecule has 3 aromatic rings. The highest BCUT2D eigenvalue weighted by molar-refractivity contribution is 6.30. The average molecular weight is 521 g/mol. The van der Waals surface area contributed by atoms with Gasteiger partial charge < -0.3 is 15.0 Å². The lowest BCUT2D eigenvalue weighted by Gasteiger charge is -2.32. The summed E-state index contributed by atoms with van der Waals surface area (Å²) in [5.74, 6) is 0.248. The maximum atomic E-state index is 13.8. The van der Waals surface area contributed by atoms with E-state index in [9.17, 15) is 9.59 Å². The number of rotatable bonds is 11. The van der Waals surface area contributed by atoms with E-state index in [4.69, 9.17) is 16.3 Å². The molecular formula is C31H37ClN2O3. The van der Waals surface area contributed by atoms with Crippen molar-refractivity contribution < 1.29 is 14.3 Å². The predicted octanol–water partition coefficient (Wildman–Crippen LogP) is 6.20. The second-order valence-corrected chi connectivity index (χ2v) is 10.1. The number of ether oxygens (including phenoxy) is 1. The maximum Gasteiger partial charge on any atom is 0.261 e. The topological polar surface area (TPSA) is 58.6 Å². The average Bonchev–Trinajstić information content (AvgIpc) is 2.88. The number of benzene rings is 3. The zero-order chi connectivity index (χ0) is 26.9. The third kappa shape index (κ3) is 8.09. The smallest absolute Gasteiger partial charge is 0.261 e. The van der Waals surface area contributed by atoms with E-state index >= 15 is 0 Å². The molecule has 0 aliphatic heterocycles. The number of carbonyl (C=O) groups excluding carboxylic acids is 2. The second kappa shape index (κ2) is 13.3. The fourth-order valence-electron chi connectivity index (χ4n) is 4.15. The molecule has 0 fully saturated rings. The summed E-state index contributed by atoms with van der Waals surface area (Å²) in [6, 6.07) is 20.4. The Hall–Kier alpha value is -3.31. The van der Waals surface area contributed by atoms with Crippen LogP contribution in [0.25, 0.3) is 0 Å². The number of aryl methyl sites for hydroxylation is 2. The third-order valence-corrected chi connectivity index (χ3v) is 6.91. The Kier molecular flexibility index (Phi) is 10.2. The summed E-state index contributed by atoms with van der Waals surface area (Å²) >= 11 is 6.10. The van der Waals surface area contributed by atoms with Gasteiger partial charge in [0, 0.05) is 24.0 Å². The second-order valence-electron chi connectivity index (χ2n) is 9.67. The SMILES string of the molecule is CCC(C)NC(=O)C(Cc1ccccc1)N(Cc1ccc(Cl)cc1)C(=O)COc1cc(C)cc(C)c1C. The highest BCUT2D eigenvalue weighted by atomic mass is 35.5. The molecule has 0 heterocycles. The van der Waals surface area contributed by atoms with Gasteiger partial charge in [0.15, 0.2) is 6.61 Å². The van der Waals surface area contributed by atoms with Gasteiger partial charge in [0.05, 0.1) is 0 Å². The van der Waals surface area contributed by atoms with Crippen molar-refractivity contribution in [2.75, 3.05) is 6.61 Å². The molecule has 0 bridgehead atoms. The van der Waals surface area contributed by atoms with Gasteiger partial charge in [-0.1, -0.05) is 67.1 Å². The van der Waals surface area contributed by atoms with Gasteiger partial charge >= 0.3 is 0 Å². The molecule has 3 aromatic carbocycles. The minimum absolute atomic E-state index is 0.00701. The first-order chi connectivity index (χ1) is 17.7. The van der Waals surface area contributed by atoms with Crippen LogP contribution in [0.4, 0.5) is 0 Å². The Morgan fingerprint density at radius 3 is 2.30 bits per heavy atom. The minimum atomic E-state index is -0.705. The van der Waals surface area contributed by atoms with Crippen LogP contribution in [0.3, 0.4) is 0 Å². The molecule has 0 aliphatic carbocycles. The van der Waals surface area contributed by atoms with Crippen LogP contribution in [0.2, 0.25) is 5.02 Å². The van der Waals surface area contributed by atoms with E-state index in [0.29, 0.717) is 17.2 Å². The molecule has 2 atom stereocenters. The zero-order valence-corrected chi connectivity index (χ0v) is 23.1. The van der Waals surface area contributed by atoms with E-state index in [1.165, 1.54) is 0 Å². The molecule has 37 heavy (non-hydrogen) atoms. The van der Waals surface area contributed by atoms with Crippen molar-refractivity contribution in [1.82, 2.24) is 10.2 Å². The van der Waals surface area contributed by atoms with Crippen molar-refractivity contribution >= 4 is 23.4 Å². The van der Waals surface area contributed by atoms with Crippen LogP contribution in [0.15, 0.2) is 66.7 Å². The number of amides is 2. The Bertz CT molecular complexity index is 1200. The fraction of sp³-hybridized carbons (Fsp3) is 0.355. The van der Waals surface area contributed by atoms with Crippen LogP contribution < -0.4 is 10.1 Å². The van der Waals surface area contributed by atoms with Gasteiger partial charge in [0.1, 0.15) is 11.8 Å². The Morgan fingerprint density at radius 1 is 0.973 bits per heavy atom. The maximum absolute atomic E-state index is 13.8. The Balaban J connectivity index is 1.94. The molecule has 0 saturated carbocycles. The van der Waals surface area contributed by atoms with Gasteiger partial charge in [0.2, 0.25) is 5.91 Å². The van der Waals surface area contributed by atoms with Crippen molar-refractivity contribution in [3.63, 3.8) is 0 Å². The molecule has 6 heteroatoms. The van der Waals surface area contributed by atoms with Crippen molar-refractivity contribution in [1.29, 1.82) is 0 Å². The summed E-state index contributed by atoms with van der Waals surface area (Å²) in [4.78, 5) is 28.9. The molecule has 0 aliphatic rings. The summed E-state index contributed by atoms with van der Waals surface area (Å²) in [6.07, 6.45) is 1.19. The van der Waals surface area contributed by atoms with E-state index in [1.807, 2.05) is 83.1 Å². The quantitative estimate of drug-likeness (QED) is 0.327. The first kappa shape index (κ1) is 28.3. The number of hydrogen-bond acceptors (Lipinski definition) is 3. The first-order valence-corrected chi connectivity index (χ1v) is 13.1. The Morgan fingerprint density at radius 2 is 1.65 bits per heavy atom. The van der Waals surface area contributed by atoms with Gasteiger partial charge in [-0.2, -0.15) is 0 Å². The van der Waals surface area contributed by atoms with Crippen molar-refractivity contribution in [2.24, 2.45) is 0 Å². The van der Waals surface area contributed by atoms with Crippen molar-refractivity contribution in [2.45, 2.75) is 66.1 Å². The van der Waals surface area contributed by atoms with Crippen LogP contribution in [0.1, 0.15) is 48.1 Å². The number of nitrogens with one attached hydrogen (secondary N) is 1. The van der Waals surface area contributed by atoms with Crippen molar-refractivity contribution in [3.05, 3.63) is 99.6 Å². The highest BCUT2D eigenvalue weighted by Gasteiger charge is 2.31. The molecule has 0 spiro atoms. The molecule has 0 aromatic heterocycles. The number of nitrogens with zero attached hydrogens (tertiary/aromatic N) is 1. The number of hydrogen-bond donors (Lipinski definition) is 1. The summed E-state index contributed by atoms with van der Waals surface area (Å²) in [5.41, 5.74) is 5.04. The van der Waals surface area contributed by atoms with E-state index in [2.05, 4.69) is 11.4 Å². The first-order valence-electron chi connectivity index (χ1n) is 12.8. The zero-order valence-electron chi connectivity index (χ0n) is 22.4. The van der Waals surface area contributed by atoms with Gasteiger partial charge in [0.25, 0.3) is 5.91 Å². The lowest BCUT2D eigenvalue weighted by Crippen LogP contribution is -2.53. The third-order valence-electron chi connectivity index (χ3n) is 6.65. The van der Waals surface area contributed by atoms with Crippen LogP contribution in [-0.4, -0.2) is 35.4 Å². The lowest BCUT2D eigenvalue weighted by atomic mass is 10.0. The molecular weight excluding hydrogens is 484 g/mol. The van der Waals surface area contributed by atoms with E-state index < -0.39 is 6.04 Å². The normalized spacial score (nSPS) is 12.5. The largest absolute Gasteiger partial charge is 0.483 e. The molecule has 0 radical (unpaired) electrons. The van der Waals surface area contributed by atoms with Gasteiger partial charge in [-0.3, -0.25) is 9.59 Å². The van der Waals surface area contributed by atoms with Crippen LogP contribution in [0, 0.1) is 20.8 Å². The standard InChI is InChI=1S/C31H37ClN2O3/c1-6-23(4)33-31(36)28(18-25-10-8-7-9-11-25)34(19-26-12-14-27(32)15-13-26)30(35)20-37-29-17-21(2)16-22(3)24(29)5/h7-17,23,28H,6,18-20H2,1-5H3,(H,33,36). The summed E-state index contributed by atoms with van der Waals surface area (Å²) < 4.78 is 6.04. The molecule has 0 saturated heterocycles. The monoisotopic (exact) mass is 520 g/mol. The molecule has 1 N–H and O–H groups in total. The molecule has 2 unspecified atom stereocenters. The number of carbonyl (C=O) groups is 2. The molecule has 3 rings (SSSR count). The summed E-state index contributed by atoms with van der Waals surface area (Å²) in [7, 11) is 0.